The second-order valence-electron chi connectivity index (χ2n) is 5.04. The fraction of sp³-hybridized carbons (Fsp3) is 0.176. The van der Waals surface area contributed by atoms with E-state index in [0.29, 0.717) is 11.4 Å². The third-order valence-electron chi connectivity index (χ3n) is 3.38. The van der Waals surface area contributed by atoms with Gasteiger partial charge >= 0.3 is 0 Å². The number of allylic oxidation sites excluding steroid dienone is 3. The van der Waals surface area contributed by atoms with Crippen molar-refractivity contribution < 1.29 is 4.74 Å². The number of ether oxygens (including phenoxy) is 1. The lowest BCUT2D eigenvalue weighted by Crippen LogP contribution is -2.29. The second-order valence-corrected chi connectivity index (χ2v) is 5.04. The normalized spacial score (nSPS) is 13.0. The molecule has 6 heteroatoms. The van der Waals surface area contributed by atoms with Crippen LogP contribution in [0.1, 0.15) is 18.4 Å². The summed E-state index contributed by atoms with van der Waals surface area (Å²) in [5.74, 6) is 1.05. The molecule has 7 N–H and O–H groups in total. The molecule has 1 aliphatic carbocycles. The Morgan fingerprint density at radius 2 is 1.74 bits per heavy atom. The predicted molar refractivity (Wildman–Crippen MR) is 93.3 cm³/mol. The molecule has 6 nitrogen and oxygen atoms in total. The summed E-state index contributed by atoms with van der Waals surface area (Å²) in [5.41, 5.74) is 12.5. The van der Waals surface area contributed by atoms with Crippen molar-refractivity contribution in [2.24, 2.45) is 11.5 Å². The highest BCUT2D eigenvalue weighted by atomic mass is 16.5. The highest BCUT2D eigenvalue weighted by Gasteiger charge is 2.14. The molecule has 1 aromatic carbocycles. The van der Waals surface area contributed by atoms with Crippen molar-refractivity contribution in [1.82, 2.24) is 5.32 Å². The van der Waals surface area contributed by atoms with Gasteiger partial charge in [0, 0.05) is 7.05 Å². The zero-order valence-corrected chi connectivity index (χ0v) is 13.0. The molecule has 0 saturated carbocycles. The van der Waals surface area contributed by atoms with Crippen LogP contribution in [0.3, 0.4) is 0 Å². The number of rotatable bonds is 6. The monoisotopic (exact) mass is 311 g/mol. The van der Waals surface area contributed by atoms with Crippen LogP contribution in [0.5, 0.6) is 5.75 Å². The fourth-order valence-electron chi connectivity index (χ4n) is 2.32. The molecule has 0 amide bonds. The SMILES string of the molecule is CNC(=C(C(=N)N)C(=N)N)c1ccc(OC2=CCCC=C2)cc1. The molecule has 0 atom stereocenters. The van der Waals surface area contributed by atoms with Crippen LogP contribution >= 0.6 is 0 Å². The van der Waals surface area contributed by atoms with E-state index >= 15 is 0 Å². The Morgan fingerprint density at radius 3 is 2.22 bits per heavy atom. The standard InChI is InChI=1S/C17H21N5O/c1-22-15(14(16(18)19)17(20)21)11-7-9-13(10-8-11)23-12-5-3-2-4-6-12/h3,5-10,22H,2,4H2,1H3,(H3,18,19)(H3,20,21). The van der Waals surface area contributed by atoms with Gasteiger partial charge < -0.3 is 21.5 Å². The summed E-state index contributed by atoms with van der Waals surface area (Å²) in [7, 11) is 1.70. The van der Waals surface area contributed by atoms with Crippen LogP contribution < -0.4 is 21.5 Å². The van der Waals surface area contributed by atoms with E-state index in [1.54, 1.807) is 7.05 Å². The largest absolute Gasteiger partial charge is 0.458 e. The molecule has 0 spiro atoms. The zero-order valence-electron chi connectivity index (χ0n) is 13.0. The number of nitrogens with one attached hydrogen (secondary N) is 3. The minimum Gasteiger partial charge on any atom is -0.458 e. The van der Waals surface area contributed by atoms with E-state index in [1.807, 2.05) is 30.3 Å². The van der Waals surface area contributed by atoms with E-state index in [2.05, 4.69) is 17.5 Å². The summed E-state index contributed by atoms with van der Waals surface area (Å²) < 4.78 is 5.78. The predicted octanol–water partition coefficient (Wildman–Crippen LogP) is 2.10. The van der Waals surface area contributed by atoms with Crippen LogP contribution in [0, 0.1) is 10.8 Å². The van der Waals surface area contributed by atoms with Gasteiger partial charge in [-0.2, -0.15) is 0 Å². The van der Waals surface area contributed by atoms with Crippen molar-refractivity contribution in [2.45, 2.75) is 12.8 Å². The molecule has 0 saturated heterocycles. The minimum absolute atomic E-state index is 0.180. The maximum absolute atomic E-state index is 7.60. The number of amidine groups is 2. The summed E-state index contributed by atoms with van der Waals surface area (Å²) in [4.78, 5) is 0. The van der Waals surface area contributed by atoms with Crippen molar-refractivity contribution in [1.29, 1.82) is 10.8 Å². The third-order valence-corrected chi connectivity index (χ3v) is 3.38. The molecule has 1 aromatic rings. The maximum Gasteiger partial charge on any atom is 0.128 e. The first-order valence-corrected chi connectivity index (χ1v) is 7.28. The van der Waals surface area contributed by atoms with Crippen molar-refractivity contribution in [3.8, 4) is 5.75 Å². The van der Waals surface area contributed by atoms with Gasteiger partial charge in [0.15, 0.2) is 0 Å². The number of benzene rings is 1. The van der Waals surface area contributed by atoms with Crippen LogP contribution in [-0.4, -0.2) is 18.7 Å². The number of hydrogen-bond donors (Lipinski definition) is 5. The molecule has 0 unspecified atom stereocenters. The first-order chi connectivity index (χ1) is 11.0. The molecule has 0 radical (unpaired) electrons. The lowest BCUT2D eigenvalue weighted by Gasteiger charge is -2.14. The molecule has 2 rings (SSSR count). The van der Waals surface area contributed by atoms with Crippen LogP contribution in [0.15, 0.2) is 53.8 Å². The van der Waals surface area contributed by atoms with Crippen molar-refractivity contribution in [2.75, 3.05) is 7.05 Å². The zero-order chi connectivity index (χ0) is 16.8. The molecule has 120 valence electrons. The molecule has 23 heavy (non-hydrogen) atoms. The van der Waals surface area contributed by atoms with Gasteiger partial charge in [-0.15, -0.1) is 0 Å². The minimum atomic E-state index is -0.250. The Kier molecular flexibility index (Phi) is 5.19. The van der Waals surface area contributed by atoms with Gasteiger partial charge in [-0.25, -0.2) is 0 Å². The molecule has 0 aromatic heterocycles. The smallest absolute Gasteiger partial charge is 0.128 e. The molecule has 0 aliphatic heterocycles. The van der Waals surface area contributed by atoms with Crippen LogP contribution in [-0.2, 0) is 0 Å². The average Bonchev–Trinajstić information content (AvgIpc) is 2.53. The van der Waals surface area contributed by atoms with Crippen molar-refractivity contribution in [3.05, 3.63) is 59.4 Å². The highest BCUT2D eigenvalue weighted by molar-refractivity contribution is 6.24. The quantitative estimate of drug-likeness (QED) is 0.408. The number of hydrogen-bond acceptors (Lipinski definition) is 4. The molecular weight excluding hydrogens is 290 g/mol. The topological polar surface area (TPSA) is 121 Å². The van der Waals surface area contributed by atoms with E-state index in [4.69, 9.17) is 27.0 Å². The van der Waals surface area contributed by atoms with Gasteiger partial charge in [0.1, 0.15) is 23.2 Å². The lowest BCUT2D eigenvalue weighted by atomic mass is 10.0. The Bertz CT molecular complexity index is 682. The van der Waals surface area contributed by atoms with E-state index in [1.165, 1.54) is 0 Å². The van der Waals surface area contributed by atoms with Crippen LogP contribution in [0.2, 0.25) is 0 Å². The first-order valence-electron chi connectivity index (χ1n) is 7.28. The molecule has 0 heterocycles. The molecule has 0 bridgehead atoms. The van der Waals surface area contributed by atoms with Crippen molar-refractivity contribution >= 4 is 17.4 Å². The Balaban J connectivity index is 2.28. The summed E-state index contributed by atoms with van der Waals surface area (Å²) in [5, 5.41) is 18.1. The first kappa shape index (κ1) is 16.4. The lowest BCUT2D eigenvalue weighted by molar-refractivity contribution is 0.439. The number of nitrogens with two attached hydrogens (primary N) is 2. The van der Waals surface area contributed by atoms with Gasteiger partial charge in [-0.1, -0.05) is 6.08 Å². The fourth-order valence-corrected chi connectivity index (χ4v) is 2.32. The molecule has 1 aliphatic rings. The van der Waals surface area contributed by atoms with Crippen LogP contribution in [0.25, 0.3) is 5.70 Å². The second kappa shape index (κ2) is 7.31. The van der Waals surface area contributed by atoms with Gasteiger partial charge in [-0.3, -0.25) is 10.8 Å². The van der Waals surface area contributed by atoms with Gasteiger partial charge in [-0.05, 0) is 54.8 Å². The van der Waals surface area contributed by atoms with E-state index in [9.17, 15) is 0 Å². The summed E-state index contributed by atoms with van der Waals surface area (Å²) in [6.07, 6.45) is 8.12. The maximum atomic E-state index is 7.60. The van der Waals surface area contributed by atoms with Crippen molar-refractivity contribution in [3.63, 3.8) is 0 Å². The summed E-state index contributed by atoms with van der Waals surface area (Å²) in [6.45, 7) is 0. The van der Waals surface area contributed by atoms with E-state index in [-0.39, 0.29) is 17.2 Å². The highest BCUT2D eigenvalue weighted by Crippen LogP contribution is 2.22. The molecule has 0 fully saturated rings. The molecular formula is C17H21N5O. The summed E-state index contributed by atoms with van der Waals surface area (Å²) >= 11 is 0. The van der Waals surface area contributed by atoms with Gasteiger partial charge in [0.25, 0.3) is 0 Å². The Hall–Kier alpha value is -3.02. The van der Waals surface area contributed by atoms with Crippen LogP contribution in [0.4, 0.5) is 0 Å². The van der Waals surface area contributed by atoms with E-state index < -0.39 is 0 Å². The Labute approximate surface area is 135 Å². The average molecular weight is 311 g/mol. The Morgan fingerprint density at radius 1 is 1.09 bits per heavy atom. The van der Waals surface area contributed by atoms with Gasteiger partial charge in [0.05, 0.1) is 11.3 Å². The third kappa shape index (κ3) is 4.00. The summed E-state index contributed by atoms with van der Waals surface area (Å²) in [6, 6.07) is 7.32. The van der Waals surface area contributed by atoms with E-state index in [0.717, 1.165) is 24.2 Å². The van der Waals surface area contributed by atoms with Gasteiger partial charge in [0.2, 0.25) is 0 Å².